The van der Waals surface area contributed by atoms with E-state index in [0.29, 0.717) is 65.3 Å². The summed E-state index contributed by atoms with van der Waals surface area (Å²) in [6.07, 6.45) is 10.7. The van der Waals surface area contributed by atoms with Gasteiger partial charge >= 0.3 is 6.09 Å². The van der Waals surface area contributed by atoms with Crippen LogP contribution in [0.4, 0.5) is 4.79 Å². The number of nitrogens with two attached hydrogens (primary N) is 1. The highest BCUT2D eigenvalue weighted by Gasteiger charge is 2.49. The predicted molar refractivity (Wildman–Crippen MR) is 108 cm³/mol. The zero-order valence-corrected chi connectivity index (χ0v) is 17.1. The van der Waals surface area contributed by atoms with Crippen LogP contribution >= 0.6 is 0 Å². The standard InChI is InChI=1S/C21H38N2O5/c22-9-5-11-25-13-15-27-16-14-26-12-6-10-23-21(24)28-17-20-18-7-3-1-2-4-8-19(18)20/h1-2,18-20H,3-17,22H2,(H,23,24). The number of allylic oxidation sites excluding steroid dienone is 2. The van der Waals surface area contributed by atoms with Gasteiger partial charge in [-0.3, -0.25) is 0 Å². The average molecular weight is 399 g/mol. The maximum absolute atomic E-state index is 11.8. The van der Waals surface area contributed by atoms with Crippen molar-refractivity contribution < 1.29 is 23.7 Å². The van der Waals surface area contributed by atoms with Crippen molar-refractivity contribution in [2.75, 3.05) is 59.3 Å². The van der Waals surface area contributed by atoms with E-state index in [1.165, 1.54) is 12.8 Å². The first kappa shape index (κ1) is 23.1. The molecule has 0 aromatic rings. The Bertz CT molecular complexity index is 431. The number of ether oxygens (including phenoxy) is 4. The van der Waals surface area contributed by atoms with E-state index in [2.05, 4.69) is 17.5 Å². The molecule has 0 aromatic heterocycles. The lowest BCUT2D eigenvalue weighted by molar-refractivity contribution is 0.0140. The van der Waals surface area contributed by atoms with Gasteiger partial charge in [0.05, 0.1) is 33.0 Å². The normalized spacial score (nSPS) is 23.5. The minimum Gasteiger partial charge on any atom is -0.449 e. The molecule has 1 amide bonds. The van der Waals surface area contributed by atoms with Crippen LogP contribution in [0, 0.1) is 17.8 Å². The van der Waals surface area contributed by atoms with Crippen molar-refractivity contribution in [2.45, 2.75) is 38.5 Å². The topological polar surface area (TPSA) is 92.0 Å². The minimum atomic E-state index is -0.310. The van der Waals surface area contributed by atoms with Gasteiger partial charge in [0, 0.05) is 19.8 Å². The van der Waals surface area contributed by atoms with Gasteiger partial charge in [0.2, 0.25) is 0 Å². The van der Waals surface area contributed by atoms with Crippen LogP contribution < -0.4 is 11.1 Å². The molecule has 1 saturated carbocycles. The van der Waals surface area contributed by atoms with Gasteiger partial charge in [-0.15, -0.1) is 0 Å². The molecule has 0 bridgehead atoms. The Kier molecular flexibility index (Phi) is 12.2. The number of hydrogen-bond donors (Lipinski definition) is 2. The van der Waals surface area contributed by atoms with Crippen LogP contribution in [-0.4, -0.2) is 65.4 Å². The van der Waals surface area contributed by atoms with Crippen LogP contribution in [0.5, 0.6) is 0 Å². The summed E-state index contributed by atoms with van der Waals surface area (Å²) >= 11 is 0. The third kappa shape index (κ3) is 9.87. The van der Waals surface area contributed by atoms with Crippen molar-refractivity contribution in [1.29, 1.82) is 0 Å². The van der Waals surface area contributed by atoms with Gasteiger partial charge in [0.15, 0.2) is 0 Å². The van der Waals surface area contributed by atoms with Gasteiger partial charge in [-0.1, -0.05) is 12.2 Å². The zero-order chi connectivity index (χ0) is 19.9. The quantitative estimate of drug-likeness (QED) is 0.325. The maximum atomic E-state index is 11.8. The van der Waals surface area contributed by atoms with Crippen LogP contribution in [0.2, 0.25) is 0 Å². The Morgan fingerprint density at radius 2 is 1.46 bits per heavy atom. The Morgan fingerprint density at radius 1 is 0.893 bits per heavy atom. The Balaban J connectivity index is 1.32. The molecule has 7 nitrogen and oxygen atoms in total. The predicted octanol–water partition coefficient (Wildman–Crippen LogP) is 2.49. The van der Waals surface area contributed by atoms with Crippen LogP contribution in [0.1, 0.15) is 38.5 Å². The number of carbonyl (C=O) groups is 1. The molecule has 0 spiro atoms. The molecule has 7 heteroatoms. The molecule has 0 heterocycles. The van der Waals surface area contributed by atoms with Crippen LogP contribution in [0.3, 0.4) is 0 Å². The summed E-state index contributed by atoms with van der Waals surface area (Å²) in [4.78, 5) is 11.8. The summed E-state index contributed by atoms with van der Waals surface area (Å²) in [6.45, 7) is 5.32. The minimum absolute atomic E-state index is 0.310. The fourth-order valence-corrected chi connectivity index (χ4v) is 3.76. The second-order valence-electron chi connectivity index (χ2n) is 7.48. The molecule has 2 unspecified atom stereocenters. The second kappa shape index (κ2) is 14.8. The number of nitrogens with one attached hydrogen (secondary N) is 1. The summed E-state index contributed by atoms with van der Waals surface area (Å²) < 4.78 is 21.6. The van der Waals surface area contributed by atoms with E-state index in [1.807, 2.05) is 0 Å². The Labute approximate surface area is 169 Å². The lowest BCUT2D eigenvalue weighted by Crippen LogP contribution is -2.27. The van der Waals surface area contributed by atoms with Gasteiger partial charge in [-0.2, -0.15) is 0 Å². The monoisotopic (exact) mass is 398 g/mol. The van der Waals surface area contributed by atoms with Crippen molar-refractivity contribution in [1.82, 2.24) is 5.32 Å². The summed E-state index contributed by atoms with van der Waals surface area (Å²) in [5.74, 6) is 2.08. The fraction of sp³-hybridized carbons (Fsp3) is 0.857. The molecule has 2 atom stereocenters. The third-order valence-corrected chi connectivity index (χ3v) is 5.39. The second-order valence-corrected chi connectivity index (χ2v) is 7.48. The molecule has 0 aliphatic heterocycles. The van der Waals surface area contributed by atoms with Crippen molar-refractivity contribution >= 4 is 6.09 Å². The van der Waals surface area contributed by atoms with Gasteiger partial charge in [-0.05, 0) is 62.8 Å². The van der Waals surface area contributed by atoms with Gasteiger partial charge in [0.1, 0.15) is 0 Å². The van der Waals surface area contributed by atoms with E-state index in [4.69, 9.17) is 24.7 Å². The van der Waals surface area contributed by atoms with Crippen molar-refractivity contribution in [2.24, 2.45) is 23.5 Å². The summed E-state index contributed by atoms with van der Waals surface area (Å²) in [6, 6.07) is 0. The number of fused-ring (bicyclic) bond motifs is 1. The smallest absolute Gasteiger partial charge is 0.407 e. The zero-order valence-electron chi connectivity index (χ0n) is 17.1. The van der Waals surface area contributed by atoms with E-state index < -0.39 is 0 Å². The SMILES string of the molecule is NCCCOCCOCCOCCCNC(=O)OCC1C2CCC=CCCC21. The Morgan fingerprint density at radius 3 is 2.07 bits per heavy atom. The number of alkyl carbamates (subject to hydrolysis) is 1. The summed E-state index contributed by atoms with van der Waals surface area (Å²) in [5.41, 5.74) is 5.38. The van der Waals surface area contributed by atoms with Gasteiger partial charge in [-0.25, -0.2) is 4.79 Å². The van der Waals surface area contributed by atoms with Gasteiger partial charge in [0.25, 0.3) is 0 Å². The van der Waals surface area contributed by atoms with E-state index in [-0.39, 0.29) is 6.09 Å². The molecule has 2 aliphatic rings. The molecule has 0 radical (unpaired) electrons. The molecule has 2 aliphatic carbocycles. The van der Waals surface area contributed by atoms with Crippen molar-refractivity contribution in [3.05, 3.63) is 12.2 Å². The largest absolute Gasteiger partial charge is 0.449 e. The average Bonchev–Trinajstić information content (AvgIpc) is 3.33. The molecular formula is C21H38N2O5. The highest BCUT2D eigenvalue weighted by atomic mass is 16.6. The van der Waals surface area contributed by atoms with E-state index >= 15 is 0 Å². The summed E-state index contributed by atoms with van der Waals surface area (Å²) in [7, 11) is 0. The fourth-order valence-electron chi connectivity index (χ4n) is 3.76. The van der Waals surface area contributed by atoms with E-state index in [1.54, 1.807) is 0 Å². The van der Waals surface area contributed by atoms with Crippen LogP contribution in [-0.2, 0) is 18.9 Å². The first-order valence-corrected chi connectivity index (χ1v) is 10.8. The molecule has 28 heavy (non-hydrogen) atoms. The number of amides is 1. The lowest BCUT2D eigenvalue weighted by Gasteiger charge is -2.08. The molecule has 162 valence electrons. The summed E-state index contributed by atoms with van der Waals surface area (Å²) in [5, 5.41) is 2.80. The number of hydrogen-bond acceptors (Lipinski definition) is 6. The maximum Gasteiger partial charge on any atom is 0.407 e. The van der Waals surface area contributed by atoms with Crippen LogP contribution in [0.25, 0.3) is 0 Å². The number of rotatable bonds is 15. The molecular weight excluding hydrogens is 360 g/mol. The van der Waals surface area contributed by atoms with Crippen LogP contribution in [0.15, 0.2) is 12.2 Å². The molecule has 2 rings (SSSR count). The molecule has 0 aromatic carbocycles. The van der Waals surface area contributed by atoms with Crippen molar-refractivity contribution in [3.63, 3.8) is 0 Å². The molecule has 0 saturated heterocycles. The molecule has 3 N–H and O–H groups in total. The Hall–Kier alpha value is -1.15. The lowest BCUT2D eigenvalue weighted by atomic mass is 10.1. The van der Waals surface area contributed by atoms with E-state index in [9.17, 15) is 4.79 Å². The van der Waals surface area contributed by atoms with Gasteiger partial charge < -0.3 is 30.0 Å². The number of carbonyl (C=O) groups excluding carboxylic acids is 1. The first-order valence-electron chi connectivity index (χ1n) is 10.8. The highest BCUT2D eigenvalue weighted by Crippen LogP contribution is 2.52. The third-order valence-electron chi connectivity index (χ3n) is 5.39. The first-order chi connectivity index (χ1) is 13.8. The molecule has 1 fully saturated rings. The highest BCUT2D eigenvalue weighted by molar-refractivity contribution is 5.67. The van der Waals surface area contributed by atoms with E-state index in [0.717, 1.165) is 37.5 Å². The van der Waals surface area contributed by atoms with Crippen molar-refractivity contribution in [3.8, 4) is 0 Å².